The van der Waals surface area contributed by atoms with Crippen molar-refractivity contribution in [1.29, 1.82) is 0 Å². The lowest BCUT2D eigenvalue weighted by molar-refractivity contribution is 0.213. The maximum absolute atomic E-state index is 6.30. The lowest BCUT2D eigenvalue weighted by Gasteiger charge is -2.31. The van der Waals surface area contributed by atoms with Gasteiger partial charge in [0.15, 0.2) is 0 Å². The average molecular weight is 238 g/mol. The fourth-order valence-corrected chi connectivity index (χ4v) is 3.61. The topological polar surface area (TPSA) is 29.3 Å². The highest BCUT2D eigenvalue weighted by molar-refractivity contribution is 7.12. The number of hydrogen-bond acceptors (Lipinski definition) is 3. The van der Waals surface area contributed by atoms with Crippen molar-refractivity contribution in [3.63, 3.8) is 0 Å². The quantitative estimate of drug-likeness (QED) is 0.874. The summed E-state index contributed by atoms with van der Waals surface area (Å²) in [4.78, 5) is 5.41. The van der Waals surface area contributed by atoms with Crippen molar-refractivity contribution in [2.75, 3.05) is 13.1 Å². The predicted molar refractivity (Wildman–Crippen MR) is 70.9 cm³/mol. The normalized spacial score (nSPS) is 21.2. The summed E-state index contributed by atoms with van der Waals surface area (Å²) in [6.45, 7) is 6.80. The van der Waals surface area contributed by atoms with E-state index in [1.807, 2.05) is 11.3 Å². The Morgan fingerprint density at radius 3 is 2.56 bits per heavy atom. The van der Waals surface area contributed by atoms with Gasteiger partial charge >= 0.3 is 0 Å². The zero-order valence-electron chi connectivity index (χ0n) is 10.3. The van der Waals surface area contributed by atoms with Gasteiger partial charge < -0.3 is 5.73 Å². The lowest BCUT2D eigenvalue weighted by Crippen LogP contribution is -2.38. The predicted octanol–water partition coefficient (Wildman–Crippen LogP) is 2.93. The first-order chi connectivity index (χ1) is 7.72. The molecule has 0 aliphatic carbocycles. The van der Waals surface area contributed by atoms with Gasteiger partial charge in [-0.2, -0.15) is 0 Å². The monoisotopic (exact) mass is 238 g/mol. The number of aryl methyl sites for hydroxylation is 1. The van der Waals surface area contributed by atoms with Crippen LogP contribution in [0.2, 0.25) is 0 Å². The zero-order valence-corrected chi connectivity index (χ0v) is 11.1. The van der Waals surface area contributed by atoms with Gasteiger partial charge in [0.1, 0.15) is 0 Å². The van der Waals surface area contributed by atoms with E-state index in [2.05, 4.69) is 30.9 Å². The Morgan fingerprint density at radius 1 is 1.38 bits per heavy atom. The molecule has 0 radical (unpaired) electrons. The van der Waals surface area contributed by atoms with Crippen molar-refractivity contribution < 1.29 is 0 Å². The zero-order chi connectivity index (χ0) is 11.5. The van der Waals surface area contributed by atoms with Crippen LogP contribution in [0, 0.1) is 6.92 Å². The molecule has 16 heavy (non-hydrogen) atoms. The maximum Gasteiger partial charge on any atom is 0.0593 e. The van der Waals surface area contributed by atoms with Crippen molar-refractivity contribution in [1.82, 2.24) is 4.90 Å². The van der Waals surface area contributed by atoms with Crippen LogP contribution in [0.4, 0.5) is 0 Å². The van der Waals surface area contributed by atoms with Gasteiger partial charge in [-0.1, -0.05) is 6.92 Å². The second-order valence-corrected chi connectivity index (χ2v) is 6.03. The molecule has 1 aliphatic rings. The van der Waals surface area contributed by atoms with E-state index in [4.69, 9.17) is 5.73 Å². The molecule has 1 saturated heterocycles. The molecule has 0 saturated carbocycles. The molecule has 0 amide bonds. The largest absolute Gasteiger partial charge is 0.326 e. The van der Waals surface area contributed by atoms with Crippen LogP contribution in [-0.4, -0.2) is 24.0 Å². The van der Waals surface area contributed by atoms with E-state index in [0.717, 1.165) is 6.42 Å². The fourth-order valence-electron chi connectivity index (χ4n) is 2.52. The molecule has 3 heteroatoms. The molecule has 1 aliphatic heterocycles. The number of thiophene rings is 1. The van der Waals surface area contributed by atoms with Crippen LogP contribution >= 0.6 is 11.3 Å². The first-order valence-corrected chi connectivity index (χ1v) is 7.10. The minimum atomic E-state index is 0.274. The molecule has 1 aromatic rings. The summed E-state index contributed by atoms with van der Waals surface area (Å²) in [5.41, 5.74) is 6.30. The Kier molecular flexibility index (Phi) is 4.00. The van der Waals surface area contributed by atoms with E-state index in [-0.39, 0.29) is 6.04 Å². The van der Waals surface area contributed by atoms with Crippen LogP contribution in [0.1, 0.15) is 42.0 Å². The van der Waals surface area contributed by atoms with Crippen LogP contribution in [0.15, 0.2) is 12.1 Å². The second-order valence-electron chi connectivity index (χ2n) is 4.71. The Balaban J connectivity index is 2.19. The van der Waals surface area contributed by atoms with Gasteiger partial charge in [0, 0.05) is 15.8 Å². The van der Waals surface area contributed by atoms with Gasteiger partial charge in [0.25, 0.3) is 0 Å². The Bertz CT molecular complexity index is 328. The minimum Gasteiger partial charge on any atom is -0.326 e. The number of nitrogens with two attached hydrogens (primary N) is 1. The molecule has 2 N–H and O–H groups in total. The molecule has 0 bridgehead atoms. The maximum atomic E-state index is 6.30. The number of likely N-dealkylation sites (tertiary alicyclic amines) is 1. The summed E-state index contributed by atoms with van der Waals surface area (Å²) in [5, 5.41) is 0. The number of rotatable bonds is 4. The van der Waals surface area contributed by atoms with Crippen LogP contribution in [0.25, 0.3) is 0 Å². The SMILES string of the molecule is CCC(N)C(c1ccc(C)s1)N1CCCC1. The molecule has 0 spiro atoms. The van der Waals surface area contributed by atoms with E-state index in [1.165, 1.54) is 35.7 Å². The Labute approximate surface area is 102 Å². The van der Waals surface area contributed by atoms with Crippen molar-refractivity contribution in [3.05, 3.63) is 21.9 Å². The molecular formula is C13H22N2S. The molecule has 2 atom stereocenters. The molecular weight excluding hydrogens is 216 g/mol. The third-order valence-corrected chi connectivity index (χ3v) is 4.53. The van der Waals surface area contributed by atoms with Crippen molar-refractivity contribution in [2.45, 2.75) is 45.2 Å². The second kappa shape index (κ2) is 5.30. The van der Waals surface area contributed by atoms with Gasteiger partial charge in [-0.05, 0) is 51.4 Å². The molecule has 1 aromatic heterocycles. The van der Waals surface area contributed by atoms with Gasteiger partial charge in [-0.3, -0.25) is 4.90 Å². The highest BCUT2D eigenvalue weighted by Gasteiger charge is 2.28. The van der Waals surface area contributed by atoms with Crippen molar-refractivity contribution in [2.24, 2.45) is 5.73 Å². The minimum absolute atomic E-state index is 0.274. The van der Waals surface area contributed by atoms with E-state index >= 15 is 0 Å². The highest BCUT2D eigenvalue weighted by atomic mass is 32.1. The van der Waals surface area contributed by atoms with E-state index in [1.54, 1.807) is 0 Å². The third kappa shape index (κ3) is 2.47. The van der Waals surface area contributed by atoms with Gasteiger partial charge in [-0.15, -0.1) is 11.3 Å². The summed E-state index contributed by atoms with van der Waals surface area (Å²) < 4.78 is 0. The van der Waals surface area contributed by atoms with Crippen LogP contribution in [0.3, 0.4) is 0 Å². The van der Waals surface area contributed by atoms with E-state index in [9.17, 15) is 0 Å². The van der Waals surface area contributed by atoms with Crippen molar-refractivity contribution >= 4 is 11.3 Å². The van der Waals surface area contributed by atoms with E-state index < -0.39 is 0 Å². The first kappa shape index (κ1) is 12.1. The Hall–Kier alpha value is -0.380. The smallest absolute Gasteiger partial charge is 0.0593 e. The van der Waals surface area contributed by atoms with Gasteiger partial charge in [-0.25, -0.2) is 0 Å². The van der Waals surface area contributed by atoms with Crippen molar-refractivity contribution in [3.8, 4) is 0 Å². The number of nitrogens with zero attached hydrogens (tertiary/aromatic N) is 1. The average Bonchev–Trinajstić information content (AvgIpc) is 2.91. The standard InChI is InChI=1S/C13H22N2S/c1-3-11(14)13(15-8-4-5-9-15)12-7-6-10(2)16-12/h6-7,11,13H,3-5,8-9,14H2,1-2H3. The molecule has 1 fully saturated rings. The summed E-state index contributed by atoms with van der Waals surface area (Å²) in [6, 6.07) is 5.20. The summed E-state index contributed by atoms with van der Waals surface area (Å²) in [5.74, 6) is 0. The number of hydrogen-bond donors (Lipinski definition) is 1. The molecule has 0 aromatic carbocycles. The highest BCUT2D eigenvalue weighted by Crippen LogP contribution is 2.32. The van der Waals surface area contributed by atoms with Crippen LogP contribution in [-0.2, 0) is 0 Å². The van der Waals surface area contributed by atoms with E-state index in [0.29, 0.717) is 6.04 Å². The molecule has 2 heterocycles. The van der Waals surface area contributed by atoms with Crippen LogP contribution in [0.5, 0.6) is 0 Å². The fraction of sp³-hybridized carbons (Fsp3) is 0.692. The molecule has 2 nitrogen and oxygen atoms in total. The first-order valence-electron chi connectivity index (χ1n) is 6.28. The lowest BCUT2D eigenvalue weighted by atomic mass is 10.0. The van der Waals surface area contributed by atoms with Crippen LogP contribution < -0.4 is 5.73 Å². The third-order valence-electron chi connectivity index (χ3n) is 3.46. The van der Waals surface area contributed by atoms with Gasteiger partial charge in [0.2, 0.25) is 0 Å². The molecule has 90 valence electrons. The molecule has 2 rings (SSSR count). The summed E-state index contributed by atoms with van der Waals surface area (Å²) >= 11 is 1.90. The summed E-state index contributed by atoms with van der Waals surface area (Å²) in [6.07, 6.45) is 3.71. The molecule has 2 unspecified atom stereocenters. The Morgan fingerprint density at radius 2 is 2.06 bits per heavy atom. The van der Waals surface area contributed by atoms with Gasteiger partial charge in [0.05, 0.1) is 6.04 Å². The summed E-state index contributed by atoms with van der Waals surface area (Å²) in [7, 11) is 0.